The van der Waals surface area contributed by atoms with Crippen LogP contribution in [0.15, 0.2) is 0 Å². The molecule has 0 aromatic rings. The smallest absolute Gasteiger partial charge is 0.117 e. The molecule has 1 N–H and O–H groups in total. The highest BCUT2D eigenvalue weighted by Crippen LogP contribution is 2.67. The van der Waals surface area contributed by atoms with Crippen LogP contribution in [0.3, 0.4) is 0 Å². The summed E-state index contributed by atoms with van der Waals surface area (Å²) in [5.74, 6) is 2.84. The summed E-state index contributed by atoms with van der Waals surface area (Å²) in [5, 5.41) is 10.1. The Morgan fingerprint density at radius 1 is 0.955 bits per heavy atom. The Morgan fingerprint density at radius 2 is 1.68 bits per heavy atom. The van der Waals surface area contributed by atoms with Gasteiger partial charge >= 0.3 is 0 Å². The van der Waals surface area contributed by atoms with Crippen molar-refractivity contribution < 1.29 is 9.50 Å². The molecule has 4 aliphatic carbocycles. The maximum absolute atomic E-state index is 14.8. The van der Waals surface area contributed by atoms with Crippen LogP contribution < -0.4 is 0 Å². The Hall–Kier alpha value is 0.620. The molecule has 126 valence electrons. The lowest BCUT2D eigenvalue weighted by Gasteiger charge is -2.60. The molecule has 0 bridgehead atoms. The van der Waals surface area contributed by atoms with Crippen molar-refractivity contribution in [1.82, 2.24) is 0 Å². The summed E-state index contributed by atoms with van der Waals surface area (Å²) in [4.78, 5) is 0. The monoisotopic (exact) mass is 420 g/mol. The molecule has 9 atom stereocenters. The zero-order chi connectivity index (χ0) is 15.7. The van der Waals surface area contributed by atoms with Crippen molar-refractivity contribution >= 4 is 22.6 Å². The van der Waals surface area contributed by atoms with Gasteiger partial charge in [-0.25, -0.2) is 4.39 Å². The maximum atomic E-state index is 14.8. The largest absolute Gasteiger partial charge is 0.393 e. The van der Waals surface area contributed by atoms with Gasteiger partial charge in [-0.05, 0) is 80.5 Å². The number of fused-ring (bicyclic) bond motifs is 5. The van der Waals surface area contributed by atoms with Crippen LogP contribution in [0.1, 0.15) is 65.2 Å². The summed E-state index contributed by atoms with van der Waals surface area (Å²) < 4.78 is 15.1. The van der Waals surface area contributed by atoms with Crippen molar-refractivity contribution in [1.29, 1.82) is 0 Å². The van der Waals surface area contributed by atoms with Crippen molar-refractivity contribution in [3.05, 3.63) is 0 Å². The summed E-state index contributed by atoms with van der Waals surface area (Å²) in [5.41, 5.74) is 0.364. The first-order valence-corrected chi connectivity index (χ1v) is 10.6. The fraction of sp³-hybridized carbons (Fsp3) is 1.00. The lowest BCUT2D eigenvalue weighted by atomic mass is 9.45. The van der Waals surface area contributed by atoms with Gasteiger partial charge in [0.05, 0.1) is 6.10 Å². The molecule has 1 nitrogen and oxygen atoms in total. The minimum Gasteiger partial charge on any atom is -0.393 e. The number of hydrogen-bond donors (Lipinski definition) is 1. The van der Waals surface area contributed by atoms with Crippen molar-refractivity contribution in [2.75, 3.05) is 0 Å². The summed E-state index contributed by atoms with van der Waals surface area (Å²) in [7, 11) is 0. The van der Waals surface area contributed by atoms with Gasteiger partial charge in [0.15, 0.2) is 0 Å². The van der Waals surface area contributed by atoms with Gasteiger partial charge in [-0.3, -0.25) is 0 Å². The van der Waals surface area contributed by atoms with E-state index in [-0.39, 0.29) is 15.4 Å². The molecule has 4 rings (SSSR count). The molecule has 4 aliphatic rings. The van der Waals surface area contributed by atoms with Gasteiger partial charge in [-0.15, -0.1) is 0 Å². The van der Waals surface area contributed by atoms with E-state index in [2.05, 4.69) is 36.4 Å². The molecule has 3 heteroatoms. The molecule has 22 heavy (non-hydrogen) atoms. The molecule has 4 fully saturated rings. The quantitative estimate of drug-likeness (QED) is 0.425. The molecule has 0 aromatic carbocycles. The lowest BCUT2D eigenvalue weighted by Crippen LogP contribution is -2.54. The minimum atomic E-state index is -0.599. The van der Waals surface area contributed by atoms with E-state index < -0.39 is 6.17 Å². The maximum Gasteiger partial charge on any atom is 0.117 e. The van der Waals surface area contributed by atoms with Crippen LogP contribution in [0.5, 0.6) is 0 Å². The van der Waals surface area contributed by atoms with E-state index in [9.17, 15) is 9.50 Å². The Bertz CT molecular complexity index is 457. The van der Waals surface area contributed by atoms with Crippen LogP contribution in [-0.4, -0.2) is 21.3 Å². The zero-order valence-corrected chi connectivity index (χ0v) is 16.1. The molecule has 4 saturated carbocycles. The van der Waals surface area contributed by atoms with E-state index in [1.165, 1.54) is 25.7 Å². The Balaban J connectivity index is 1.63. The fourth-order valence-electron chi connectivity index (χ4n) is 7.14. The highest BCUT2D eigenvalue weighted by Gasteiger charge is 2.62. The zero-order valence-electron chi connectivity index (χ0n) is 13.9. The summed E-state index contributed by atoms with van der Waals surface area (Å²) in [6, 6.07) is 0. The van der Waals surface area contributed by atoms with Gasteiger partial charge in [0, 0.05) is 9.34 Å². The number of halogens is 2. The predicted octanol–water partition coefficient (Wildman–Crippen LogP) is 5.14. The third kappa shape index (κ3) is 2.09. The average molecular weight is 420 g/mol. The van der Waals surface area contributed by atoms with Crippen LogP contribution >= 0.6 is 22.6 Å². The van der Waals surface area contributed by atoms with Gasteiger partial charge in [0.1, 0.15) is 6.17 Å². The predicted molar refractivity (Wildman–Crippen MR) is 95.8 cm³/mol. The van der Waals surface area contributed by atoms with Crippen molar-refractivity contribution in [3.63, 3.8) is 0 Å². The van der Waals surface area contributed by atoms with Gasteiger partial charge in [-0.2, -0.15) is 0 Å². The number of aliphatic hydroxyl groups excluding tert-OH is 1. The van der Waals surface area contributed by atoms with Gasteiger partial charge < -0.3 is 5.11 Å². The Labute approximate surface area is 148 Å². The number of aliphatic hydroxyl groups is 1. The van der Waals surface area contributed by atoms with Crippen molar-refractivity contribution in [2.24, 2.45) is 34.5 Å². The van der Waals surface area contributed by atoms with E-state index in [1.54, 1.807) is 0 Å². The van der Waals surface area contributed by atoms with Crippen molar-refractivity contribution in [2.45, 2.75) is 81.4 Å². The Kier molecular flexibility index (Phi) is 3.89. The van der Waals surface area contributed by atoms with Gasteiger partial charge in [0.25, 0.3) is 0 Å². The first-order valence-electron chi connectivity index (χ1n) is 9.32. The number of rotatable bonds is 0. The summed E-state index contributed by atoms with van der Waals surface area (Å²) >= 11 is 2.37. The first-order chi connectivity index (χ1) is 10.4. The summed E-state index contributed by atoms with van der Waals surface area (Å²) in [6.07, 6.45) is 8.49. The second-order valence-electron chi connectivity index (χ2n) is 9.28. The third-order valence-corrected chi connectivity index (χ3v) is 9.64. The topological polar surface area (TPSA) is 20.2 Å². The van der Waals surface area contributed by atoms with Crippen LogP contribution in [0.4, 0.5) is 4.39 Å². The molecule has 0 radical (unpaired) electrons. The van der Waals surface area contributed by atoms with Crippen LogP contribution in [-0.2, 0) is 0 Å². The Morgan fingerprint density at radius 3 is 2.45 bits per heavy atom. The van der Waals surface area contributed by atoms with E-state index in [0.29, 0.717) is 17.3 Å². The normalized spacial score (nSPS) is 61.2. The van der Waals surface area contributed by atoms with E-state index in [1.807, 2.05) is 0 Å². The average Bonchev–Trinajstić information content (AvgIpc) is 2.72. The third-order valence-electron chi connectivity index (χ3n) is 8.50. The molecule has 0 amide bonds. The molecular weight excluding hydrogens is 390 g/mol. The fourth-order valence-corrected chi connectivity index (χ4v) is 8.51. The standard InChI is InChI=1S/C19H30FIO/c1-18-7-5-12(22)9-11(18)3-4-13-14(18)6-8-19(2)15(13)10-16(21)17(19)20/h11-17,22H,3-10H2,1-2H3/t11?,12-,13?,14?,15?,16+,17?,18-,19-/m0/s1. The first kappa shape index (κ1) is 16.1. The SMILES string of the molecule is C[C@]12CC[C@H](O)CC1CCC1C2CC[C@@]2(C)C1C[C@@H](I)C2F. The van der Waals surface area contributed by atoms with Crippen LogP contribution in [0.2, 0.25) is 0 Å². The molecule has 0 aliphatic heterocycles. The van der Waals surface area contributed by atoms with Crippen molar-refractivity contribution in [3.8, 4) is 0 Å². The molecular formula is C19H30FIO. The molecule has 0 saturated heterocycles. The summed E-state index contributed by atoms with van der Waals surface area (Å²) in [6.45, 7) is 4.75. The van der Waals surface area contributed by atoms with Crippen LogP contribution in [0.25, 0.3) is 0 Å². The second-order valence-corrected chi connectivity index (χ2v) is 10.9. The van der Waals surface area contributed by atoms with E-state index in [4.69, 9.17) is 0 Å². The van der Waals surface area contributed by atoms with Gasteiger partial charge in [0.2, 0.25) is 0 Å². The molecule has 0 heterocycles. The van der Waals surface area contributed by atoms with Crippen LogP contribution in [0, 0.1) is 34.5 Å². The minimum absolute atomic E-state index is 0.0512. The van der Waals surface area contributed by atoms with Gasteiger partial charge in [-0.1, -0.05) is 36.4 Å². The second kappa shape index (κ2) is 5.31. The lowest BCUT2D eigenvalue weighted by molar-refractivity contribution is -0.127. The highest BCUT2D eigenvalue weighted by molar-refractivity contribution is 14.1. The highest BCUT2D eigenvalue weighted by atomic mass is 127. The number of hydrogen-bond acceptors (Lipinski definition) is 1. The van der Waals surface area contributed by atoms with E-state index >= 15 is 0 Å². The molecule has 5 unspecified atom stereocenters. The number of alkyl halides is 2. The molecule has 0 aromatic heterocycles. The van der Waals surface area contributed by atoms with E-state index in [0.717, 1.165) is 37.5 Å². The molecule has 0 spiro atoms.